The van der Waals surface area contributed by atoms with Crippen molar-refractivity contribution in [1.82, 2.24) is 0 Å². The van der Waals surface area contributed by atoms with Crippen LogP contribution in [0.3, 0.4) is 0 Å². The maximum Gasteiger partial charge on any atom is 0.182 e. The Morgan fingerprint density at radius 3 is 2.23 bits per heavy atom. The van der Waals surface area contributed by atoms with Gasteiger partial charge in [0.2, 0.25) is 0 Å². The Morgan fingerprint density at radius 2 is 1.59 bits per heavy atom. The number of sulfone groups is 1. The molecular formula is C19H20O2S. The van der Waals surface area contributed by atoms with Crippen molar-refractivity contribution in [2.24, 2.45) is 0 Å². The molecule has 0 radical (unpaired) electrons. The SMILES string of the molecule is C=C1CC(c2ccccc2)C(S(=O)(=O)c2ccc(C)cc2)C1. The molecule has 1 aliphatic rings. The Hall–Kier alpha value is -1.87. The van der Waals surface area contributed by atoms with E-state index in [9.17, 15) is 8.42 Å². The van der Waals surface area contributed by atoms with E-state index in [4.69, 9.17) is 0 Å². The Morgan fingerprint density at radius 1 is 0.955 bits per heavy atom. The van der Waals surface area contributed by atoms with E-state index in [0.717, 1.165) is 23.1 Å². The van der Waals surface area contributed by atoms with Gasteiger partial charge in [0.05, 0.1) is 10.1 Å². The van der Waals surface area contributed by atoms with E-state index in [1.807, 2.05) is 49.4 Å². The highest BCUT2D eigenvalue weighted by molar-refractivity contribution is 7.92. The van der Waals surface area contributed by atoms with Gasteiger partial charge in [-0.05, 0) is 37.5 Å². The van der Waals surface area contributed by atoms with Gasteiger partial charge in [0.1, 0.15) is 0 Å². The molecule has 2 nitrogen and oxygen atoms in total. The summed E-state index contributed by atoms with van der Waals surface area (Å²) in [7, 11) is -3.35. The van der Waals surface area contributed by atoms with Crippen LogP contribution in [0.5, 0.6) is 0 Å². The molecule has 3 heteroatoms. The van der Waals surface area contributed by atoms with Crippen molar-refractivity contribution in [3.8, 4) is 0 Å². The summed E-state index contributed by atoms with van der Waals surface area (Å²) in [6, 6.07) is 17.1. The van der Waals surface area contributed by atoms with Crippen molar-refractivity contribution in [3.05, 3.63) is 77.9 Å². The first-order valence-electron chi connectivity index (χ1n) is 7.50. The summed E-state index contributed by atoms with van der Waals surface area (Å²) in [5.74, 6) is 0.00000283. The molecule has 2 aromatic rings. The topological polar surface area (TPSA) is 34.1 Å². The maximum absolute atomic E-state index is 13.0. The molecular weight excluding hydrogens is 292 g/mol. The summed E-state index contributed by atoms with van der Waals surface area (Å²) in [5.41, 5.74) is 3.17. The summed E-state index contributed by atoms with van der Waals surface area (Å²) < 4.78 is 26.1. The van der Waals surface area contributed by atoms with Gasteiger partial charge in [-0.1, -0.05) is 60.2 Å². The van der Waals surface area contributed by atoms with Crippen LogP contribution in [-0.2, 0) is 9.84 Å². The number of hydrogen-bond acceptors (Lipinski definition) is 2. The Balaban J connectivity index is 2.01. The molecule has 22 heavy (non-hydrogen) atoms. The second kappa shape index (κ2) is 5.73. The first-order valence-corrected chi connectivity index (χ1v) is 9.05. The zero-order valence-electron chi connectivity index (χ0n) is 12.7. The lowest BCUT2D eigenvalue weighted by Crippen LogP contribution is -2.24. The van der Waals surface area contributed by atoms with Crippen LogP contribution in [0.15, 0.2) is 71.6 Å². The van der Waals surface area contributed by atoms with Gasteiger partial charge < -0.3 is 0 Å². The quantitative estimate of drug-likeness (QED) is 0.793. The van der Waals surface area contributed by atoms with E-state index in [1.165, 1.54) is 0 Å². The second-order valence-corrected chi connectivity index (χ2v) is 8.24. The number of aryl methyl sites for hydroxylation is 1. The van der Waals surface area contributed by atoms with Crippen molar-refractivity contribution in [1.29, 1.82) is 0 Å². The summed E-state index contributed by atoms with van der Waals surface area (Å²) in [5, 5.41) is -0.412. The minimum absolute atomic E-state index is 0.00000283. The monoisotopic (exact) mass is 312 g/mol. The molecule has 2 unspecified atom stereocenters. The molecule has 1 aliphatic carbocycles. The Labute approximate surface area is 132 Å². The molecule has 0 N–H and O–H groups in total. The van der Waals surface area contributed by atoms with Crippen LogP contribution in [0, 0.1) is 6.92 Å². The van der Waals surface area contributed by atoms with Crippen LogP contribution >= 0.6 is 0 Å². The van der Waals surface area contributed by atoms with Gasteiger partial charge in [0.25, 0.3) is 0 Å². The van der Waals surface area contributed by atoms with E-state index in [-0.39, 0.29) is 5.92 Å². The molecule has 0 spiro atoms. The van der Waals surface area contributed by atoms with Crippen molar-refractivity contribution in [2.75, 3.05) is 0 Å². The molecule has 2 atom stereocenters. The van der Waals surface area contributed by atoms with E-state index in [0.29, 0.717) is 11.3 Å². The molecule has 0 heterocycles. The molecule has 114 valence electrons. The third-order valence-corrected chi connectivity index (χ3v) is 6.64. The fourth-order valence-electron chi connectivity index (χ4n) is 3.21. The van der Waals surface area contributed by atoms with Crippen LogP contribution in [0.25, 0.3) is 0 Å². The van der Waals surface area contributed by atoms with E-state index in [2.05, 4.69) is 6.58 Å². The summed E-state index contributed by atoms with van der Waals surface area (Å²) in [6.45, 7) is 6.00. The van der Waals surface area contributed by atoms with E-state index in [1.54, 1.807) is 12.1 Å². The molecule has 3 rings (SSSR count). The lowest BCUT2D eigenvalue weighted by Gasteiger charge is -2.20. The van der Waals surface area contributed by atoms with Gasteiger partial charge in [0, 0.05) is 5.92 Å². The minimum Gasteiger partial charge on any atom is -0.223 e. The van der Waals surface area contributed by atoms with Gasteiger partial charge in [-0.2, -0.15) is 0 Å². The zero-order valence-corrected chi connectivity index (χ0v) is 13.5. The van der Waals surface area contributed by atoms with Gasteiger partial charge in [-0.25, -0.2) is 8.42 Å². The molecule has 0 aromatic heterocycles. The maximum atomic E-state index is 13.0. The molecule has 0 amide bonds. The fraction of sp³-hybridized carbons (Fsp3) is 0.263. The largest absolute Gasteiger partial charge is 0.223 e. The van der Waals surface area contributed by atoms with Crippen molar-refractivity contribution in [3.63, 3.8) is 0 Å². The molecule has 0 bridgehead atoms. The Kier molecular flexibility index (Phi) is 3.92. The summed E-state index contributed by atoms with van der Waals surface area (Å²) in [4.78, 5) is 0.415. The lowest BCUT2D eigenvalue weighted by molar-refractivity contribution is 0.569. The van der Waals surface area contributed by atoms with E-state index >= 15 is 0 Å². The van der Waals surface area contributed by atoms with Gasteiger partial charge in [-0.15, -0.1) is 0 Å². The normalized spacial score (nSPS) is 22.0. The van der Waals surface area contributed by atoms with Crippen LogP contribution in [0.4, 0.5) is 0 Å². The minimum atomic E-state index is -3.35. The van der Waals surface area contributed by atoms with Crippen molar-refractivity contribution >= 4 is 9.84 Å². The fourth-order valence-corrected chi connectivity index (χ4v) is 5.22. The van der Waals surface area contributed by atoms with Crippen LogP contribution in [-0.4, -0.2) is 13.7 Å². The zero-order chi connectivity index (χ0) is 15.7. The second-order valence-electron chi connectivity index (χ2n) is 6.07. The van der Waals surface area contributed by atoms with Crippen molar-refractivity contribution < 1.29 is 8.42 Å². The average molecular weight is 312 g/mol. The highest BCUT2D eigenvalue weighted by Gasteiger charge is 2.40. The number of hydrogen-bond donors (Lipinski definition) is 0. The third-order valence-electron chi connectivity index (χ3n) is 4.42. The average Bonchev–Trinajstić information content (AvgIpc) is 2.91. The Bertz CT molecular complexity index is 774. The van der Waals surface area contributed by atoms with Crippen LogP contribution in [0.2, 0.25) is 0 Å². The molecule has 0 aliphatic heterocycles. The summed E-state index contributed by atoms with van der Waals surface area (Å²) >= 11 is 0. The molecule has 1 saturated carbocycles. The standard InChI is InChI=1S/C19H20O2S/c1-14-8-10-17(11-9-14)22(20,21)19-13-15(2)12-18(19)16-6-4-3-5-7-16/h3-11,18-19H,2,12-13H2,1H3. The van der Waals surface area contributed by atoms with Crippen LogP contribution < -0.4 is 0 Å². The van der Waals surface area contributed by atoms with Gasteiger partial charge >= 0.3 is 0 Å². The highest BCUT2D eigenvalue weighted by Crippen LogP contribution is 2.43. The third kappa shape index (κ3) is 2.73. The van der Waals surface area contributed by atoms with E-state index < -0.39 is 15.1 Å². The first kappa shape index (κ1) is 15.0. The number of benzene rings is 2. The highest BCUT2D eigenvalue weighted by atomic mass is 32.2. The lowest BCUT2D eigenvalue weighted by atomic mass is 9.97. The van der Waals surface area contributed by atoms with Gasteiger partial charge in [0.15, 0.2) is 9.84 Å². The number of rotatable bonds is 3. The smallest absolute Gasteiger partial charge is 0.182 e. The predicted molar refractivity (Wildman–Crippen MR) is 89.7 cm³/mol. The molecule has 1 fully saturated rings. The van der Waals surface area contributed by atoms with Gasteiger partial charge in [-0.3, -0.25) is 0 Å². The number of allylic oxidation sites excluding steroid dienone is 1. The first-order chi connectivity index (χ1) is 10.5. The summed E-state index contributed by atoms with van der Waals surface area (Å²) in [6.07, 6.45) is 1.30. The van der Waals surface area contributed by atoms with Crippen LogP contribution in [0.1, 0.15) is 29.9 Å². The molecule has 2 aromatic carbocycles. The molecule has 0 saturated heterocycles. The van der Waals surface area contributed by atoms with Crippen molar-refractivity contribution in [2.45, 2.75) is 35.8 Å². The predicted octanol–water partition coefficient (Wildman–Crippen LogP) is 4.27.